The van der Waals surface area contributed by atoms with Crippen molar-refractivity contribution in [2.24, 2.45) is 5.92 Å². The first-order valence-corrected chi connectivity index (χ1v) is 6.99. The molecule has 0 aromatic carbocycles. The minimum Gasteiger partial charge on any atom is -0.375 e. The lowest BCUT2D eigenvalue weighted by Gasteiger charge is -2.21. The summed E-state index contributed by atoms with van der Waals surface area (Å²) in [7, 11) is 0. The summed E-state index contributed by atoms with van der Waals surface area (Å²) < 4.78 is 5.85. The molecule has 3 nitrogen and oxygen atoms in total. The molecule has 2 fully saturated rings. The van der Waals surface area contributed by atoms with E-state index in [-0.39, 0.29) is 0 Å². The first-order valence-electron chi connectivity index (χ1n) is 6.11. The first kappa shape index (κ1) is 10.7. The molecule has 4 unspecified atom stereocenters. The van der Waals surface area contributed by atoms with Crippen molar-refractivity contribution >= 4 is 11.3 Å². The first-order chi connectivity index (χ1) is 7.83. The van der Waals surface area contributed by atoms with Gasteiger partial charge in [0.1, 0.15) is 5.01 Å². The highest BCUT2D eigenvalue weighted by atomic mass is 32.1. The standard InChI is InChI=1S/C12H18N2OS/c1-8(12-13-4-5-16-12)14-7-9-6-10-2-3-11(9)15-10/h4-5,8-11,14H,2-3,6-7H2,1H3. The molecule has 1 N–H and O–H groups in total. The Bertz CT molecular complexity index is 341. The normalized spacial score (nSPS) is 34.4. The fourth-order valence-corrected chi connectivity index (χ4v) is 3.49. The highest BCUT2D eigenvalue weighted by molar-refractivity contribution is 7.09. The summed E-state index contributed by atoms with van der Waals surface area (Å²) in [4.78, 5) is 4.33. The lowest BCUT2D eigenvalue weighted by Crippen LogP contribution is -2.31. The van der Waals surface area contributed by atoms with Crippen LogP contribution in [0.1, 0.15) is 37.2 Å². The Kier molecular flexibility index (Phi) is 2.96. The van der Waals surface area contributed by atoms with Crippen LogP contribution in [0.2, 0.25) is 0 Å². The van der Waals surface area contributed by atoms with Gasteiger partial charge in [-0.05, 0) is 26.2 Å². The van der Waals surface area contributed by atoms with Gasteiger partial charge in [-0.25, -0.2) is 4.98 Å². The highest BCUT2D eigenvalue weighted by Gasteiger charge is 2.40. The molecule has 16 heavy (non-hydrogen) atoms. The second-order valence-electron chi connectivity index (χ2n) is 4.87. The van der Waals surface area contributed by atoms with Crippen molar-refractivity contribution in [2.45, 2.75) is 44.4 Å². The zero-order valence-corrected chi connectivity index (χ0v) is 10.4. The molecule has 0 aliphatic carbocycles. The molecule has 88 valence electrons. The van der Waals surface area contributed by atoms with Gasteiger partial charge in [0, 0.05) is 24.0 Å². The monoisotopic (exact) mass is 238 g/mol. The van der Waals surface area contributed by atoms with E-state index in [1.165, 1.54) is 24.3 Å². The van der Waals surface area contributed by atoms with Gasteiger partial charge in [-0.3, -0.25) is 0 Å². The van der Waals surface area contributed by atoms with Gasteiger partial charge in [-0.15, -0.1) is 11.3 Å². The van der Waals surface area contributed by atoms with Crippen LogP contribution in [0.4, 0.5) is 0 Å². The number of nitrogens with zero attached hydrogens (tertiary/aromatic N) is 1. The Morgan fingerprint density at radius 3 is 3.19 bits per heavy atom. The zero-order chi connectivity index (χ0) is 11.0. The number of thiazole rings is 1. The van der Waals surface area contributed by atoms with Crippen LogP contribution in [-0.2, 0) is 4.74 Å². The van der Waals surface area contributed by atoms with E-state index in [1.807, 2.05) is 11.6 Å². The van der Waals surface area contributed by atoms with Crippen LogP contribution in [-0.4, -0.2) is 23.7 Å². The fraction of sp³-hybridized carbons (Fsp3) is 0.750. The van der Waals surface area contributed by atoms with Gasteiger partial charge in [-0.1, -0.05) is 0 Å². The fourth-order valence-electron chi connectivity index (χ4n) is 2.82. The van der Waals surface area contributed by atoms with Crippen molar-refractivity contribution in [3.8, 4) is 0 Å². The molecule has 2 aliphatic heterocycles. The molecule has 3 rings (SSSR count). The van der Waals surface area contributed by atoms with E-state index in [9.17, 15) is 0 Å². The van der Waals surface area contributed by atoms with Gasteiger partial charge in [0.05, 0.1) is 18.2 Å². The maximum Gasteiger partial charge on any atom is 0.109 e. The number of hydrogen-bond donors (Lipinski definition) is 1. The summed E-state index contributed by atoms with van der Waals surface area (Å²) in [6.07, 6.45) is 6.76. The lowest BCUT2D eigenvalue weighted by atomic mass is 9.89. The number of rotatable bonds is 4. The molecule has 0 amide bonds. The van der Waals surface area contributed by atoms with Crippen molar-refractivity contribution in [1.29, 1.82) is 0 Å². The Morgan fingerprint density at radius 2 is 2.56 bits per heavy atom. The lowest BCUT2D eigenvalue weighted by molar-refractivity contribution is 0.0920. The predicted molar refractivity (Wildman–Crippen MR) is 64.5 cm³/mol. The van der Waals surface area contributed by atoms with Crippen molar-refractivity contribution in [1.82, 2.24) is 10.3 Å². The maximum atomic E-state index is 5.85. The van der Waals surface area contributed by atoms with Crippen LogP contribution in [0.25, 0.3) is 0 Å². The summed E-state index contributed by atoms with van der Waals surface area (Å²) in [5.74, 6) is 0.723. The number of hydrogen-bond acceptors (Lipinski definition) is 4. The predicted octanol–water partition coefficient (Wildman–Crippen LogP) is 2.36. The Balaban J connectivity index is 1.50. The van der Waals surface area contributed by atoms with Crippen LogP contribution in [0.3, 0.4) is 0 Å². The summed E-state index contributed by atoms with van der Waals surface area (Å²) in [6, 6.07) is 0.374. The molecule has 0 saturated carbocycles. The molecule has 1 aromatic heterocycles. The maximum absolute atomic E-state index is 5.85. The average Bonchev–Trinajstić information content (AvgIpc) is 3.01. The third-order valence-corrected chi connectivity index (χ3v) is 4.70. The Morgan fingerprint density at radius 1 is 1.62 bits per heavy atom. The molecule has 2 aliphatic rings. The van der Waals surface area contributed by atoms with Gasteiger partial charge >= 0.3 is 0 Å². The van der Waals surface area contributed by atoms with E-state index in [4.69, 9.17) is 4.74 Å². The molecular formula is C12H18N2OS. The van der Waals surface area contributed by atoms with Gasteiger partial charge in [-0.2, -0.15) is 0 Å². The Labute approximate surface area is 100 Å². The van der Waals surface area contributed by atoms with E-state index in [2.05, 4.69) is 17.2 Å². The third-order valence-electron chi connectivity index (χ3n) is 3.74. The zero-order valence-electron chi connectivity index (χ0n) is 9.56. The summed E-state index contributed by atoms with van der Waals surface area (Å²) >= 11 is 1.72. The van der Waals surface area contributed by atoms with Crippen LogP contribution in [0.5, 0.6) is 0 Å². The summed E-state index contributed by atoms with van der Waals surface area (Å²) in [5.41, 5.74) is 0. The smallest absolute Gasteiger partial charge is 0.109 e. The summed E-state index contributed by atoms with van der Waals surface area (Å²) in [6.45, 7) is 3.26. The number of fused-ring (bicyclic) bond motifs is 2. The van der Waals surface area contributed by atoms with Gasteiger partial charge in [0.15, 0.2) is 0 Å². The van der Waals surface area contributed by atoms with Crippen LogP contribution < -0.4 is 5.32 Å². The van der Waals surface area contributed by atoms with Gasteiger partial charge < -0.3 is 10.1 Å². The SMILES string of the molecule is CC(NCC1CC2CCC1O2)c1nccs1. The number of ether oxygens (including phenoxy) is 1. The molecule has 4 atom stereocenters. The second kappa shape index (κ2) is 4.43. The minimum atomic E-state index is 0.374. The quantitative estimate of drug-likeness (QED) is 0.874. The van der Waals surface area contributed by atoms with E-state index in [0.29, 0.717) is 18.2 Å². The van der Waals surface area contributed by atoms with Crippen molar-refractivity contribution in [3.63, 3.8) is 0 Å². The molecule has 2 bridgehead atoms. The molecule has 0 spiro atoms. The van der Waals surface area contributed by atoms with E-state index in [0.717, 1.165) is 12.5 Å². The third kappa shape index (κ3) is 2.01. The topological polar surface area (TPSA) is 34.1 Å². The average molecular weight is 238 g/mol. The molecule has 3 heterocycles. The largest absolute Gasteiger partial charge is 0.375 e. The van der Waals surface area contributed by atoms with Crippen molar-refractivity contribution in [2.75, 3.05) is 6.54 Å². The van der Waals surface area contributed by atoms with Crippen LogP contribution >= 0.6 is 11.3 Å². The summed E-state index contributed by atoms with van der Waals surface area (Å²) in [5, 5.41) is 6.80. The van der Waals surface area contributed by atoms with Crippen LogP contribution in [0.15, 0.2) is 11.6 Å². The van der Waals surface area contributed by atoms with E-state index < -0.39 is 0 Å². The van der Waals surface area contributed by atoms with E-state index >= 15 is 0 Å². The van der Waals surface area contributed by atoms with Crippen LogP contribution in [0, 0.1) is 5.92 Å². The molecule has 0 radical (unpaired) electrons. The minimum absolute atomic E-state index is 0.374. The van der Waals surface area contributed by atoms with Crippen molar-refractivity contribution < 1.29 is 4.74 Å². The molecular weight excluding hydrogens is 220 g/mol. The molecule has 1 aromatic rings. The second-order valence-corrected chi connectivity index (χ2v) is 5.80. The number of nitrogens with one attached hydrogen (secondary N) is 1. The molecule has 4 heteroatoms. The van der Waals surface area contributed by atoms with Gasteiger partial charge in [0.25, 0.3) is 0 Å². The van der Waals surface area contributed by atoms with Gasteiger partial charge in [0.2, 0.25) is 0 Å². The Hall–Kier alpha value is -0.450. The highest BCUT2D eigenvalue weighted by Crippen LogP contribution is 2.38. The van der Waals surface area contributed by atoms with E-state index in [1.54, 1.807) is 11.3 Å². The molecule has 2 saturated heterocycles. The van der Waals surface area contributed by atoms with Crippen molar-refractivity contribution in [3.05, 3.63) is 16.6 Å². The number of aromatic nitrogens is 1.